The number of ether oxygens (including phenoxy) is 1. The summed E-state index contributed by atoms with van der Waals surface area (Å²) < 4.78 is 5.65. The van der Waals surface area contributed by atoms with Gasteiger partial charge in [0, 0.05) is 26.5 Å². The topological polar surface area (TPSA) is 109 Å². The number of anilines is 2. The third kappa shape index (κ3) is 5.03. The summed E-state index contributed by atoms with van der Waals surface area (Å²) in [7, 11) is 0. The minimum Gasteiger partial charge on any atom is -0.484 e. The number of aromatic amines is 1. The molecule has 1 saturated heterocycles. The number of rotatable bonds is 6. The van der Waals surface area contributed by atoms with Gasteiger partial charge in [-0.1, -0.05) is 58.4 Å². The smallest absolute Gasteiger partial charge is 0.305 e. The molecular weight excluding hydrogens is 593 g/mol. The first kappa shape index (κ1) is 26.6. The Kier molecular flexibility index (Phi) is 7.18. The number of fused-ring (bicyclic) bond motifs is 2. The Labute approximate surface area is 246 Å². The van der Waals surface area contributed by atoms with Crippen molar-refractivity contribution in [2.45, 2.75) is 16.2 Å². The normalized spacial score (nSPS) is 19.8. The van der Waals surface area contributed by atoms with Gasteiger partial charge in [0.25, 0.3) is 5.91 Å². The minimum absolute atomic E-state index is 0.209. The van der Waals surface area contributed by atoms with Crippen LogP contribution in [0.3, 0.4) is 0 Å². The van der Waals surface area contributed by atoms with Gasteiger partial charge in [0.2, 0.25) is 11.8 Å². The van der Waals surface area contributed by atoms with Crippen molar-refractivity contribution < 1.29 is 19.1 Å². The van der Waals surface area contributed by atoms with Gasteiger partial charge < -0.3 is 15.0 Å². The number of benzene rings is 3. The average molecular weight is 613 g/mol. The number of imide groups is 1. The van der Waals surface area contributed by atoms with E-state index in [1.54, 1.807) is 72.8 Å². The zero-order chi connectivity index (χ0) is 28.0. The molecular formula is C28H19Cl2N3O5S2. The van der Waals surface area contributed by atoms with Crippen LogP contribution in [0.25, 0.3) is 0 Å². The number of nitrogens with zero attached hydrogens (tertiary/aromatic N) is 1. The Balaban J connectivity index is 1.24. The summed E-state index contributed by atoms with van der Waals surface area (Å²) >= 11 is 14.1. The van der Waals surface area contributed by atoms with Gasteiger partial charge in [-0.15, -0.1) is 0 Å². The number of thiazole rings is 1. The third-order valence-electron chi connectivity index (χ3n) is 6.65. The first-order valence-corrected chi connectivity index (χ1v) is 14.5. The molecule has 3 heterocycles. The molecule has 40 heavy (non-hydrogen) atoms. The molecule has 0 saturated carbocycles. The first-order chi connectivity index (χ1) is 19.3. The average Bonchev–Trinajstić information content (AvgIpc) is 3.44. The maximum absolute atomic E-state index is 13.7. The van der Waals surface area contributed by atoms with Crippen molar-refractivity contribution in [2.24, 2.45) is 5.92 Å². The maximum Gasteiger partial charge on any atom is 0.305 e. The lowest BCUT2D eigenvalue weighted by molar-refractivity contribution is -0.122. The van der Waals surface area contributed by atoms with Gasteiger partial charge in [-0.2, -0.15) is 0 Å². The molecule has 1 fully saturated rings. The van der Waals surface area contributed by atoms with Gasteiger partial charge >= 0.3 is 4.87 Å². The van der Waals surface area contributed by atoms with Crippen LogP contribution in [0.15, 0.2) is 82.6 Å². The van der Waals surface area contributed by atoms with Crippen molar-refractivity contribution in [2.75, 3.05) is 16.8 Å². The highest BCUT2D eigenvalue weighted by molar-refractivity contribution is 8.00. The quantitative estimate of drug-likeness (QED) is 0.276. The molecule has 12 heteroatoms. The lowest BCUT2D eigenvalue weighted by Crippen LogP contribution is -2.32. The second-order valence-electron chi connectivity index (χ2n) is 9.15. The van der Waals surface area contributed by atoms with E-state index >= 15 is 0 Å². The Morgan fingerprint density at radius 2 is 1.55 bits per heavy atom. The monoisotopic (exact) mass is 611 g/mol. The van der Waals surface area contributed by atoms with E-state index in [1.807, 2.05) is 0 Å². The van der Waals surface area contributed by atoms with Gasteiger partial charge in [0.1, 0.15) is 11.0 Å². The fraction of sp³-hybridized carbons (Fsp3) is 0.143. The van der Waals surface area contributed by atoms with Gasteiger partial charge in [-0.25, -0.2) is 4.90 Å². The van der Waals surface area contributed by atoms with Gasteiger partial charge in [-0.3, -0.25) is 19.2 Å². The highest BCUT2D eigenvalue weighted by Crippen LogP contribution is 2.53. The van der Waals surface area contributed by atoms with E-state index in [4.69, 9.17) is 27.9 Å². The Hall–Kier alpha value is -3.57. The van der Waals surface area contributed by atoms with Crippen molar-refractivity contribution in [3.8, 4) is 5.75 Å². The number of halogens is 2. The highest BCUT2D eigenvalue weighted by Gasteiger charge is 2.56. The van der Waals surface area contributed by atoms with Crippen molar-refractivity contribution in [3.05, 3.63) is 103 Å². The standard InChI is InChI=1S/C28H19Cl2N3O5S2/c29-15-3-7-17(8-4-15)31-20(34)13-38-19-11-1-14(2-12-19)21-22-24(39-25-23(21)40-28(37)32-25)27(36)33(26(22)35)18-9-5-16(30)6-10-18/h1-12,21-22,24H,13H2,(H,31,34)(H,32,37)/t21-,22-,24+/m0/s1. The number of carbonyl (C=O) groups excluding carboxylic acids is 3. The van der Waals surface area contributed by atoms with Crippen molar-refractivity contribution in [3.63, 3.8) is 0 Å². The van der Waals surface area contributed by atoms with Crippen molar-refractivity contribution >= 4 is 75.4 Å². The zero-order valence-electron chi connectivity index (χ0n) is 20.4. The fourth-order valence-electron chi connectivity index (χ4n) is 4.87. The largest absolute Gasteiger partial charge is 0.484 e. The van der Waals surface area contributed by atoms with Crippen LogP contribution in [0.4, 0.5) is 11.4 Å². The van der Waals surface area contributed by atoms with Gasteiger partial charge in [0.15, 0.2) is 6.61 Å². The third-order valence-corrected chi connectivity index (χ3v) is 9.55. The van der Waals surface area contributed by atoms with Crippen LogP contribution in [0.2, 0.25) is 10.0 Å². The Bertz CT molecular complexity index is 1670. The van der Waals surface area contributed by atoms with Crippen LogP contribution < -0.4 is 19.8 Å². The second kappa shape index (κ2) is 10.8. The van der Waals surface area contributed by atoms with Crippen LogP contribution >= 0.6 is 46.3 Å². The SMILES string of the molecule is O=C(COc1ccc([C@@H]2c3sc(=O)[nH]c3S[C@H]3C(=O)N(c4ccc(Cl)cc4)C(=O)[C@@H]23)cc1)Nc1ccc(Cl)cc1. The highest BCUT2D eigenvalue weighted by atomic mass is 35.5. The zero-order valence-corrected chi connectivity index (χ0v) is 23.6. The molecule has 2 aliphatic heterocycles. The lowest BCUT2D eigenvalue weighted by Gasteiger charge is -2.29. The second-order valence-corrected chi connectivity index (χ2v) is 12.2. The molecule has 3 atom stereocenters. The summed E-state index contributed by atoms with van der Waals surface area (Å²) in [6.45, 7) is -0.209. The van der Waals surface area contributed by atoms with Gasteiger partial charge in [-0.05, 0) is 66.2 Å². The summed E-state index contributed by atoms with van der Waals surface area (Å²) in [5.41, 5.74) is 1.80. The van der Waals surface area contributed by atoms with Crippen LogP contribution in [0, 0.1) is 5.92 Å². The Morgan fingerprint density at radius 1 is 0.900 bits per heavy atom. The number of nitrogens with one attached hydrogen (secondary N) is 2. The van der Waals surface area contributed by atoms with Crippen LogP contribution in [0.1, 0.15) is 16.4 Å². The molecule has 3 aromatic carbocycles. The fourth-order valence-corrected chi connectivity index (χ4v) is 7.64. The summed E-state index contributed by atoms with van der Waals surface area (Å²) in [6, 6.07) is 20.3. The number of aromatic nitrogens is 1. The molecule has 8 nitrogen and oxygen atoms in total. The molecule has 0 aliphatic carbocycles. The summed E-state index contributed by atoms with van der Waals surface area (Å²) in [6.07, 6.45) is 0. The molecule has 0 spiro atoms. The van der Waals surface area contributed by atoms with E-state index in [2.05, 4.69) is 10.3 Å². The van der Waals surface area contributed by atoms with Gasteiger partial charge in [0.05, 0.1) is 16.6 Å². The van der Waals surface area contributed by atoms with Crippen LogP contribution in [-0.2, 0) is 14.4 Å². The lowest BCUT2D eigenvalue weighted by atomic mass is 9.83. The molecule has 202 valence electrons. The summed E-state index contributed by atoms with van der Waals surface area (Å²) in [5, 5.41) is 3.70. The van der Waals surface area contributed by atoms with E-state index in [0.29, 0.717) is 37.1 Å². The molecule has 2 aliphatic rings. The molecule has 4 aromatic rings. The van der Waals surface area contributed by atoms with Crippen molar-refractivity contribution in [1.82, 2.24) is 4.98 Å². The molecule has 2 N–H and O–H groups in total. The van der Waals surface area contributed by atoms with E-state index in [0.717, 1.165) is 16.9 Å². The van der Waals surface area contributed by atoms with Crippen LogP contribution in [-0.4, -0.2) is 34.6 Å². The van der Waals surface area contributed by atoms with E-state index in [1.165, 1.54) is 16.7 Å². The summed E-state index contributed by atoms with van der Waals surface area (Å²) in [4.78, 5) is 56.3. The molecule has 1 aromatic heterocycles. The minimum atomic E-state index is -0.705. The van der Waals surface area contributed by atoms with Crippen LogP contribution in [0.5, 0.6) is 5.75 Å². The van der Waals surface area contributed by atoms with E-state index < -0.39 is 17.1 Å². The van der Waals surface area contributed by atoms with Crippen molar-refractivity contribution in [1.29, 1.82) is 0 Å². The number of hydrogen-bond acceptors (Lipinski definition) is 7. The predicted octanol–water partition coefficient (Wildman–Crippen LogP) is 5.56. The number of carbonyl (C=O) groups is 3. The summed E-state index contributed by atoms with van der Waals surface area (Å²) in [5.74, 6) is -1.77. The number of thioether (sulfide) groups is 1. The number of amides is 3. The molecule has 6 rings (SSSR count). The Morgan fingerprint density at radius 3 is 2.23 bits per heavy atom. The maximum atomic E-state index is 13.7. The predicted molar refractivity (Wildman–Crippen MR) is 156 cm³/mol. The molecule has 0 unspecified atom stereocenters. The van der Waals surface area contributed by atoms with E-state index in [9.17, 15) is 19.2 Å². The molecule has 0 radical (unpaired) electrons. The number of H-pyrrole nitrogens is 1. The first-order valence-electron chi connectivity index (χ1n) is 12.1. The van der Waals surface area contributed by atoms with E-state index in [-0.39, 0.29) is 29.2 Å². The molecule has 3 amide bonds. The molecule has 0 bridgehead atoms. The number of hydrogen-bond donors (Lipinski definition) is 2.